The number of thioether (sulfide) groups is 1. The molecule has 0 radical (unpaired) electrons. The van der Waals surface area contributed by atoms with E-state index in [0.29, 0.717) is 23.2 Å². The van der Waals surface area contributed by atoms with Crippen LogP contribution in [-0.2, 0) is 4.79 Å². The first-order valence-electron chi connectivity index (χ1n) is 10.6. The van der Waals surface area contributed by atoms with Crippen LogP contribution in [0.15, 0.2) is 64.8 Å². The molecule has 0 N–H and O–H groups in total. The highest BCUT2D eigenvalue weighted by molar-refractivity contribution is 8.18. The summed E-state index contributed by atoms with van der Waals surface area (Å²) in [7, 11) is 0. The number of pyridine rings is 1. The predicted octanol–water partition coefficient (Wildman–Crippen LogP) is 5.51. The molecule has 0 saturated carbocycles. The minimum Gasteiger partial charge on any atom is -0.494 e. The average molecular weight is 447 g/mol. The van der Waals surface area contributed by atoms with Crippen molar-refractivity contribution in [2.45, 2.75) is 27.7 Å². The Balaban J connectivity index is 1.65. The van der Waals surface area contributed by atoms with Gasteiger partial charge in [-0.05, 0) is 93.6 Å². The van der Waals surface area contributed by atoms with E-state index in [2.05, 4.69) is 29.5 Å². The lowest BCUT2D eigenvalue weighted by atomic mass is 10.2. The molecule has 3 aromatic rings. The molecule has 0 unspecified atom stereocenters. The van der Waals surface area contributed by atoms with Gasteiger partial charge in [0.1, 0.15) is 5.75 Å². The summed E-state index contributed by atoms with van der Waals surface area (Å²) in [6, 6.07) is 13.6. The Kier molecular flexibility index (Phi) is 6.46. The molecule has 6 nitrogen and oxygen atoms in total. The fourth-order valence-electron chi connectivity index (χ4n) is 3.72. The number of aliphatic imine (C=N–C) groups is 1. The second-order valence-electron chi connectivity index (χ2n) is 7.35. The number of hydrogen-bond acceptors (Lipinski definition) is 5. The Morgan fingerprint density at radius 1 is 1.16 bits per heavy atom. The molecule has 0 aliphatic carbocycles. The van der Waals surface area contributed by atoms with Crippen LogP contribution in [0.25, 0.3) is 11.8 Å². The van der Waals surface area contributed by atoms with Gasteiger partial charge in [-0.25, -0.2) is 4.99 Å². The van der Waals surface area contributed by atoms with E-state index >= 15 is 0 Å². The molecule has 1 aliphatic rings. The van der Waals surface area contributed by atoms with Crippen molar-refractivity contribution < 1.29 is 9.53 Å². The summed E-state index contributed by atoms with van der Waals surface area (Å²) in [4.78, 5) is 24.4. The average Bonchev–Trinajstić information content (AvgIpc) is 3.24. The van der Waals surface area contributed by atoms with Gasteiger partial charge in [-0.1, -0.05) is 0 Å². The lowest BCUT2D eigenvalue weighted by Crippen LogP contribution is -2.28. The van der Waals surface area contributed by atoms with Crippen LogP contribution < -0.4 is 4.74 Å². The van der Waals surface area contributed by atoms with Crippen LogP contribution in [0.1, 0.15) is 30.8 Å². The molecule has 1 saturated heterocycles. The van der Waals surface area contributed by atoms with Gasteiger partial charge in [-0.2, -0.15) is 0 Å². The Labute approximate surface area is 192 Å². The molecule has 0 bridgehead atoms. The molecule has 3 heterocycles. The molecule has 4 rings (SSSR count). The van der Waals surface area contributed by atoms with Crippen molar-refractivity contribution >= 4 is 34.6 Å². The molecule has 1 amide bonds. The zero-order valence-corrected chi connectivity index (χ0v) is 19.5. The third kappa shape index (κ3) is 4.34. The summed E-state index contributed by atoms with van der Waals surface area (Å²) in [6.07, 6.45) is 5.57. The highest BCUT2D eigenvalue weighted by atomic mass is 32.2. The van der Waals surface area contributed by atoms with E-state index in [1.165, 1.54) is 11.8 Å². The largest absolute Gasteiger partial charge is 0.494 e. The number of carbonyl (C=O) groups is 1. The molecule has 7 heteroatoms. The number of ether oxygens (including phenoxy) is 1. The molecular weight excluding hydrogens is 420 g/mol. The first-order valence-corrected chi connectivity index (χ1v) is 11.5. The zero-order valence-electron chi connectivity index (χ0n) is 18.7. The van der Waals surface area contributed by atoms with Crippen LogP contribution in [0, 0.1) is 13.8 Å². The van der Waals surface area contributed by atoms with Gasteiger partial charge in [0, 0.05) is 24.1 Å². The number of amides is 1. The Bertz CT molecular complexity index is 1180. The molecule has 164 valence electrons. The van der Waals surface area contributed by atoms with E-state index in [9.17, 15) is 4.79 Å². The third-order valence-corrected chi connectivity index (χ3v) is 6.24. The molecule has 2 aromatic heterocycles. The Morgan fingerprint density at radius 2 is 1.94 bits per heavy atom. The lowest BCUT2D eigenvalue weighted by molar-refractivity contribution is -0.122. The number of hydrogen-bond donors (Lipinski definition) is 0. The van der Waals surface area contributed by atoms with Gasteiger partial charge in [0.15, 0.2) is 5.17 Å². The maximum absolute atomic E-state index is 13.1. The van der Waals surface area contributed by atoms with Crippen molar-refractivity contribution in [2.75, 3.05) is 13.2 Å². The number of carbonyl (C=O) groups excluding carboxylic acids is 1. The fraction of sp³-hybridized carbons (Fsp3) is 0.240. The molecule has 1 aromatic carbocycles. The number of benzene rings is 1. The molecular formula is C25H26N4O2S. The second kappa shape index (κ2) is 9.44. The van der Waals surface area contributed by atoms with Gasteiger partial charge in [0.25, 0.3) is 5.91 Å². The lowest BCUT2D eigenvalue weighted by Gasteiger charge is -2.12. The van der Waals surface area contributed by atoms with Gasteiger partial charge < -0.3 is 9.30 Å². The number of aryl methyl sites for hydroxylation is 1. The maximum atomic E-state index is 13.1. The van der Waals surface area contributed by atoms with Crippen LogP contribution >= 0.6 is 11.8 Å². The van der Waals surface area contributed by atoms with Crippen molar-refractivity contribution in [2.24, 2.45) is 4.99 Å². The third-order valence-electron chi connectivity index (χ3n) is 5.24. The SMILES string of the molecule is CCOc1ccc(N=C2SC(=Cc3cc(C)n(-c4cccnc4)c3C)C(=O)N2CC)cc1. The molecule has 0 atom stereocenters. The van der Waals surface area contributed by atoms with Crippen molar-refractivity contribution in [3.05, 3.63) is 76.7 Å². The van der Waals surface area contributed by atoms with E-state index < -0.39 is 0 Å². The highest BCUT2D eigenvalue weighted by Gasteiger charge is 2.32. The van der Waals surface area contributed by atoms with Gasteiger partial charge in [-0.3, -0.25) is 14.7 Å². The van der Waals surface area contributed by atoms with E-state index in [0.717, 1.165) is 34.1 Å². The van der Waals surface area contributed by atoms with Crippen LogP contribution in [0.3, 0.4) is 0 Å². The highest BCUT2D eigenvalue weighted by Crippen LogP contribution is 2.35. The summed E-state index contributed by atoms with van der Waals surface area (Å²) in [5.41, 5.74) is 4.97. The zero-order chi connectivity index (χ0) is 22.7. The first kappa shape index (κ1) is 21.9. The predicted molar refractivity (Wildman–Crippen MR) is 131 cm³/mol. The maximum Gasteiger partial charge on any atom is 0.266 e. The summed E-state index contributed by atoms with van der Waals surface area (Å²) in [5, 5.41) is 0.689. The van der Waals surface area contributed by atoms with Gasteiger partial charge in [0.05, 0.1) is 29.1 Å². The standard InChI is InChI=1S/C25H26N4O2S/c1-5-28-24(30)23(32-25(28)27-20-9-11-22(12-10-20)31-6-2)15-19-14-17(3)29(18(19)4)21-8-7-13-26-16-21/h7-16H,5-6H2,1-4H3. The van der Waals surface area contributed by atoms with Crippen molar-refractivity contribution in [3.63, 3.8) is 0 Å². The normalized spacial score (nSPS) is 16.4. The topological polar surface area (TPSA) is 59.7 Å². The summed E-state index contributed by atoms with van der Waals surface area (Å²) >= 11 is 1.41. The minimum atomic E-state index is -0.0200. The first-order chi connectivity index (χ1) is 15.5. The van der Waals surface area contributed by atoms with Crippen molar-refractivity contribution in [1.29, 1.82) is 0 Å². The Hall–Kier alpha value is -3.32. The Morgan fingerprint density at radius 3 is 2.59 bits per heavy atom. The van der Waals surface area contributed by atoms with E-state index in [1.54, 1.807) is 11.1 Å². The number of rotatable bonds is 6. The van der Waals surface area contributed by atoms with E-state index in [-0.39, 0.29) is 5.91 Å². The van der Waals surface area contributed by atoms with Crippen molar-refractivity contribution in [3.8, 4) is 11.4 Å². The van der Waals surface area contributed by atoms with Gasteiger partial charge >= 0.3 is 0 Å². The summed E-state index contributed by atoms with van der Waals surface area (Å²) in [5.74, 6) is 0.789. The second-order valence-corrected chi connectivity index (χ2v) is 8.36. The molecule has 32 heavy (non-hydrogen) atoms. The molecule has 0 spiro atoms. The summed E-state index contributed by atoms with van der Waals surface area (Å²) < 4.78 is 7.64. The van der Waals surface area contributed by atoms with Crippen LogP contribution in [-0.4, -0.2) is 38.7 Å². The van der Waals surface area contributed by atoms with Crippen LogP contribution in [0.4, 0.5) is 5.69 Å². The minimum absolute atomic E-state index is 0.0200. The van der Waals surface area contributed by atoms with Crippen LogP contribution in [0.5, 0.6) is 5.75 Å². The van der Waals surface area contributed by atoms with E-state index in [1.807, 2.05) is 62.5 Å². The number of likely N-dealkylation sites (N-methyl/N-ethyl adjacent to an activating group) is 1. The monoisotopic (exact) mass is 446 g/mol. The van der Waals surface area contributed by atoms with Gasteiger partial charge in [0.2, 0.25) is 0 Å². The number of amidine groups is 1. The number of nitrogens with zero attached hydrogens (tertiary/aromatic N) is 4. The summed E-state index contributed by atoms with van der Waals surface area (Å²) in [6.45, 7) is 9.22. The molecule has 1 aliphatic heterocycles. The molecule has 1 fully saturated rings. The number of aromatic nitrogens is 2. The quantitative estimate of drug-likeness (QED) is 0.468. The van der Waals surface area contributed by atoms with E-state index in [4.69, 9.17) is 9.73 Å². The fourth-order valence-corrected chi connectivity index (χ4v) is 4.78. The smallest absolute Gasteiger partial charge is 0.266 e. The van der Waals surface area contributed by atoms with Crippen LogP contribution in [0.2, 0.25) is 0 Å². The van der Waals surface area contributed by atoms with Crippen molar-refractivity contribution in [1.82, 2.24) is 14.5 Å². The van der Waals surface area contributed by atoms with Gasteiger partial charge in [-0.15, -0.1) is 0 Å².